The maximum atomic E-state index is 13.1. The molecule has 0 aliphatic carbocycles. The van der Waals surface area contributed by atoms with Crippen LogP contribution in [0, 0.1) is 5.82 Å². The third kappa shape index (κ3) is 4.33. The molecule has 0 radical (unpaired) electrons. The Kier molecular flexibility index (Phi) is 5.99. The monoisotopic (exact) mass is 405 g/mol. The number of aryl methyl sites for hydroxylation is 1. The summed E-state index contributed by atoms with van der Waals surface area (Å²) >= 11 is 6.29. The van der Waals surface area contributed by atoms with Gasteiger partial charge in [0, 0.05) is 17.8 Å². The van der Waals surface area contributed by atoms with Gasteiger partial charge in [-0.05, 0) is 37.6 Å². The lowest BCUT2D eigenvalue weighted by atomic mass is 9.99. The number of unbranched alkanes of at least 4 members (excludes halogenated alkanes) is 1. The molecule has 2 aromatic rings. The second-order valence-corrected chi connectivity index (χ2v) is 6.88. The molecule has 148 valence electrons. The Hall–Kier alpha value is -2.87. The van der Waals surface area contributed by atoms with E-state index in [4.69, 9.17) is 11.6 Å². The van der Waals surface area contributed by atoms with E-state index in [-0.39, 0.29) is 10.7 Å². The van der Waals surface area contributed by atoms with E-state index in [1.165, 1.54) is 24.3 Å². The highest BCUT2D eigenvalue weighted by Gasteiger charge is 2.34. The Morgan fingerprint density at radius 1 is 1.32 bits per heavy atom. The average molecular weight is 406 g/mol. The molecule has 3 amide bonds. The molecule has 0 fully saturated rings. The Balaban J connectivity index is 1.91. The van der Waals surface area contributed by atoms with Gasteiger partial charge in [-0.25, -0.2) is 14.2 Å². The van der Waals surface area contributed by atoms with Gasteiger partial charge >= 0.3 is 6.03 Å². The number of benzene rings is 1. The van der Waals surface area contributed by atoms with Crippen molar-refractivity contribution in [2.45, 2.75) is 39.2 Å². The molecule has 1 atom stereocenters. The van der Waals surface area contributed by atoms with Crippen LogP contribution in [0.1, 0.15) is 44.2 Å². The van der Waals surface area contributed by atoms with Crippen molar-refractivity contribution in [3.63, 3.8) is 0 Å². The number of anilines is 1. The predicted octanol–water partition coefficient (Wildman–Crippen LogP) is 3.81. The van der Waals surface area contributed by atoms with Gasteiger partial charge in [0.2, 0.25) is 0 Å². The maximum absolute atomic E-state index is 13.1. The van der Waals surface area contributed by atoms with Crippen LogP contribution in [0.5, 0.6) is 0 Å². The molecular weight excluding hydrogens is 385 g/mol. The molecule has 7 nitrogen and oxygen atoms in total. The van der Waals surface area contributed by atoms with Crippen molar-refractivity contribution in [3.8, 4) is 0 Å². The second-order valence-electron chi connectivity index (χ2n) is 6.52. The molecule has 0 bridgehead atoms. The lowest BCUT2D eigenvalue weighted by Gasteiger charge is -2.27. The SMILES string of the molecule is CCCCc1nc(Cl)c(C2NC(=O)NC(C)=C2C(=O)Nc2ccc(F)cc2)[nH]1. The highest BCUT2D eigenvalue weighted by atomic mass is 35.5. The molecule has 28 heavy (non-hydrogen) atoms. The van der Waals surface area contributed by atoms with Gasteiger partial charge in [-0.1, -0.05) is 24.9 Å². The molecule has 1 unspecified atom stereocenters. The minimum Gasteiger partial charge on any atom is -0.343 e. The Morgan fingerprint density at radius 2 is 2.04 bits per heavy atom. The number of hydrogen-bond acceptors (Lipinski definition) is 3. The molecule has 1 aliphatic rings. The number of allylic oxidation sites excluding steroid dienone is 1. The van der Waals surface area contributed by atoms with Crippen LogP contribution in [0.4, 0.5) is 14.9 Å². The molecule has 0 saturated carbocycles. The number of H-pyrrole nitrogens is 1. The van der Waals surface area contributed by atoms with Gasteiger partial charge in [-0.15, -0.1) is 0 Å². The van der Waals surface area contributed by atoms with Crippen LogP contribution in [-0.4, -0.2) is 21.9 Å². The van der Waals surface area contributed by atoms with Gasteiger partial charge in [0.05, 0.1) is 11.3 Å². The van der Waals surface area contributed by atoms with Gasteiger partial charge < -0.3 is 20.9 Å². The standard InChI is InChI=1S/C19H21ClFN5O2/c1-3-4-5-13-24-16(17(20)25-13)15-14(10(2)22-19(28)26-15)18(27)23-12-8-6-11(21)7-9-12/h6-9,15H,3-5H2,1-2H3,(H,23,27)(H,24,25)(H2,22,26,28). The van der Waals surface area contributed by atoms with Gasteiger partial charge in [0.1, 0.15) is 17.7 Å². The van der Waals surface area contributed by atoms with E-state index < -0.39 is 23.8 Å². The van der Waals surface area contributed by atoms with Crippen LogP contribution < -0.4 is 16.0 Å². The normalized spacial score (nSPS) is 16.6. The summed E-state index contributed by atoms with van der Waals surface area (Å²) in [5, 5.41) is 8.23. The number of halogens is 2. The van der Waals surface area contributed by atoms with Crippen LogP contribution in [0.25, 0.3) is 0 Å². The van der Waals surface area contributed by atoms with Crippen LogP contribution >= 0.6 is 11.6 Å². The summed E-state index contributed by atoms with van der Waals surface area (Å²) in [7, 11) is 0. The number of aromatic amines is 1. The third-order valence-electron chi connectivity index (χ3n) is 4.41. The number of carbonyl (C=O) groups excluding carboxylic acids is 2. The summed E-state index contributed by atoms with van der Waals surface area (Å²) < 4.78 is 13.1. The number of amides is 3. The quantitative estimate of drug-likeness (QED) is 0.588. The highest BCUT2D eigenvalue weighted by molar-refractivity contribution is 6.30. The van der Waals surface area contributed by atoms with Crippen LogP contribution in [0.3, 0.4) is 0 Å². The van der Waals surface area contributed by atoms with E-state index in [1.807, 2.05) is 0 Å². The molecule has 9 heteroatoms. The van der Waals surface area contributed by atoms with Crippen molar-refractivity contribution in [3.05, 3.63) is 58.0 Å². The number of aromatic nitrogens is 2. The van der Waals surface area contributed by atoms with E-state index in [0.717, 1.165) is 19.3 Å². The molecule has 1 aromatic carbocycles. The van der Waals surface area contributed by atoms with E-state index in [2.05, 4.69) is 32.8 Å². The first kappa shape index (κ1) is 19.9. The Bertz CT molecular complexity index is 923. The molecule has 4 N–H and O–H groups in total. The molecule has 0 saturated heterocycles. The van der Waals surface area contributed by atoms with E-state index >= 15 is 0 Å². The number of imidazole rings is 1. The zero-order chi connectivity index (χ0) is 20.3. The van der Waals surface area contributed by atoms with Gasteiger partial charge in [0.15, 0.2) is 5.15 Å². The number of nitrogens with one attached hydrogen (secondary N) is 4. The second kappa shape index (κ2) is 8.43. The molecule has 3 rings (SSSR count). The van der Waals surface area contributed by atoms with Crippen molar-refractivity contribution < 1.29 is 14.0 Å². The molecular formula is C19H21ClFN5O2. The summed E-state index contributed by atoms with van der Waals surface area (Å²) in [5.41, 5.74) is 1.57. The van der Waals surface area contributed by atoms with Gasteiger partial charge in [-0.2, -0.15) is 0 Å². The Morgan fingerprint density at radius 3 is 2.71 bits per heavy atom. The lowest BCUT2D eigenvalue weighted by molar-refractivity contribution is -0.113. The topological polar surface area (TPSA) is 98.9 Å². The van der Waals surface area contributed by atoms with Crippen molar-refractivity contribution in [2.75, 3.05) is 5.32 Å². The molecule has 1 aromatic heterocycles. The number of rotatable bonds is 6. The minimum atomic E-state index is -0.787. The predicted molar refractivity (Wildman–Crippen MR) is 104 cm³/mol. The number of hydrogen-bond donors (Lipinski definition) is 4. The molecule has 0 spiro atoms. The fourth-order valence-electron chi connectivity index (χ4n) is 3.01. The number of carbonyl (C=O) groups is 2. The summed E-state index contributed by atoms with van der Waals surface area (Å²) in [4.78, 5) is 32.4. The first-order valence-corrected chi connectivity index (χ1v) is 9.36. The average Bonchev–Trinajstić information content (AvgIpc) is 3.01. The van der Waals surface area contributed by atoms with Crippen molar-refractivity contribution >= 4 is 29.2 Å². The van der Waals surface area contributed by atoms with E-state index in [0.29, 0.717) is 22.9 Å². The van der Waals surface area contributed by atoms with Crippen LogP contribution in [0.2, 0.25) is 5.15 Å². The van der Waals surface area contributed by atoms with E-state index in [9.17, 15) is 14.0 Å². The third-order valence-corrected chi connectivity index (χ3v) is 4.69. The molecule has 1 aliphatic heterocycles. The first-order valence-electron chi connectivity index (χ1n) is 8.98. The smallest absolute Gasteiger partial charge is 0.319 e. The van der Waals surface area contributed by atoms with Crippen molar-refractivity contribution in [2.24, 2.45) is 0 Å². The molecule has 2 heterocycles. The fourth-order valence-corrected chi connectivity index (χ4v) is 3.27. The zero-order valence-corrected chi connectivity index (χ0v) is 16.3. The lowest BCUT2D eigenvalue weighted by Crippen LogP contribution is -2.46. The van der Waals surface area contributed by atoms with Crippen LogP contribution in [-0.2, 0) is 11.2 Å². The largest absolute Gasteiger partial charge is 0.343 e. The summed E-state index contributed by atoms with van der Waals surface area (Å²) in [6.07, 6.45) is 2.66. The minimum absolute atomic E-state index is 0.207. The van der Waals surface area contributed by atoms with Crippen molar-refractivity contribution in [1.29, 1.82) is 0 Å². The maximum Gasteiger partial charge on any atom is 0.319 e. The van der Waals surface area contributed by atoms with Gasteiger partial charge in [-0.3, -0.25) is 4.79 Å². The summed E-state index contributed by atoms with van der Waals surface area (Å²) in [5.74, 6) is -0.144. The van der Waals surface area contributed by atoms with Crippen LogP contribution in [0.15, 0.2) is 35.5 Å². The fraction of sp³-hybridized carbons (Fsp3) is 0.316. The van der Waals surface area contributed by atoms with Gasteiger partial charge in [0.25, 0.3) is 5.91 Å². The summed E-state index contributed by atoms with van der Waals surface area (Å²) in [6, 6.07) is 4.19. The zero-order valence-electron chi connectivity index (χ0n) is 15.5. The summed E-state index contributed by atoms with van der Waals surface area (Å²) in [6.45, 7) is 3.70. The Labute approximate surface area is 166 Å². The van der Waals surface area contributed by atoms with E-state index in [1.54, 1.807) is 6.92 Å². The van der Waals surface area contributed by atoms with Crippen molar-refractivity contribution in [1.82, 2.24) is 20.6 Å². The highest BCUT2D eigenvalue weighted by Crippen LogP contribution is 2.31. The first-order chi connectivity index (χ1) is 13.4. The number of nitrogens with zero attached hydrogens (tertiary/aromatic N) is 1. The number of urea groups is 1.